The fourth-order valence-corrected chi connectivity index (χ4v) is 5.35. The van der Waals surface area contributed by atoms with Crippen LogP contribution in [0.3, 0.4) is 0 Å². The predicted molar refractivity (Wildman–Crippen MR) is 122 cm³/mol. The zero-order chi connectivity index (χ0) is 21.4. The normalized spacial score (nSPS) is 19.5. The van der Waals surface area contributed by atoms with Gasteiger partial charge in [-0.05, 0) is 24.5 Å². The minimum atomic E-state index is -0.747. The van der Waals surface area contributed by atoms with Crippen LogP contribution in [0.25, 0.3) is 10.9 Å². The van der Waals surface area contributed by atoms with Crippen LogP contribution in [0, 0.1) is 0 Å². The summed E-state index contributed by atoms with van der Waals surface area (Å²) in [6.07, 6.45) is 5.45. The summed E-state index contributed by atoms with van der Waals surface area (Å²) in [5.74, 6) is -0.209. The Kier molecular flexibility index (Phi) is 5.45. The molecule has 6 heteroatoms. The molecule has 0 saturated heterocycles. The van der Waals surface area contributed by atoms with E-state index in [0.717, 1.165) is 42.1 Å². The van der Waals surface area contributed by atoms with Gasteiger partial charge in [-0.3, -0.25) is 9.59 Å². The minimum absolute atomic E-state index is 0.0717. The van der Waals surface area contributed by atoms with Crippen LogP contribution in [0.1, 0.15) is 49.4 Å². The SMILES string of the molecule is O=C(NC1CCCCC1)C1c2c(Cl)c3ccccc3n2CC(=O)N1Cc1ccccc1. The Bertz CT molecular complexity index is 1120. The molecule has 1 aromatic heterocycles. The molecule has 0 spiro atoms. The number of para-hydroxylation sites is 1. The lowest BCUT2D eigenvalue weighted by Gasteiger charge is -2.37. The molecule has 1 N–H and O–H groups in total. The third-order valence-electron chi connectivity index (χ3n) is 6.53. The number of carbonyl (C=O) groups excluding carboxylic acids is 2. The van der Waals surface area contributed by atoms with E-state index < -0.39 is 6.04 Å². The van der Waals surface area contributed by atoms with E-state index in [1.165, 1.54) is 6.42 Å². The summed E-state index contributed by atoms with van der Waals surface area (Å²) < 4.78 is 1.92. The predicted octanol–water partition coefficient (Wildman–Crippen LogP) is 4.83. The van der Waals surface area contributed by atoms with E-state index in [2.05, 4.69) is 5.32 Å². The van der Waals surface area contributed by atoms with Crippen molar-refractivity contribution in [3.05, 3.63) is 70.9 Å². The van der Waals surface area contributed by atoms with E-state index in [9.17, 15) is 9.59 Å². The average Bonchev–Trinajstić information content (AvgIpc) is 3.07. The summed E-state index contributed by atoms with van der Waals surface area (Å²) in [6.45, 7) is 0.558. The second-order valence-corrected chi connectivity index (χ2v) is 8.93. The lowest BCUT2D eigenvalue weighted by atomic mass is 9.95. The average molecular weight is 436 g/mol. The van der Waals surface area contributed by atoms with Gasteiger partial charge in [-0.1, -0.05) is 79.4 Å². The van der Waals surface area contributed by atoms with Crippen LogP contribution in [0.2, 0.25) is 5.02 Å². The van der Waals surface area contributed by atoms with Gasteiger partial charge in [0.1, 0.15) is 6.54 Å². The van der Waals surface area contributed by atoms with Gasteiger partial charge in [-0.2, -0.15) is 0 Å². The van der Waals surface area contributed by atoms with E-state index >= 15 is 0 Å². The standard InChI is InChI=1S/C25H26ClN3O2/c26-22-19-13-7-8-14-20(19)28-16-21(30)29(15-17-9-3-1-4-10-17)24(23(22)28)25(31)27-18-11-5-2-6-12-18/h1,3-4,7-10,13-14,18,24H,2,5-6,11-12,15-16H2,(H,27,31). The van der Waals surface area contributed by atoms with Crippen LogP contribution >= 0.6 is 11.6 Å². The van der Waals surface area contributed by atoms with Crippen molar-refractivity contribution < 1.29 is 9.59 Å². The molecular formula is C25H26ClN3O2. The highest BCUT2D eigenvalue weighted by Gasteiger charge is 2.41. The van der Waals surface area contributed by atoms with Crippen LogP contribution in [-0.4, -0.2) is 27.3 Å². The van der Waals surface area contributed by atoms with Crippen molar-refractivity contribution in [1.82, 2.24) is 14.8 Å². The number of carbonyl (C=O) groups is 2. The Morgan fingerprint density at radius 3 is 2.48 bits per heavy atom. The smallest absolute Gasteiger partial charge is 0.249 e. The summed E-state index contributed by atoms with van der Waals surface area (Å²) in [4.78, 5) is 28.6. The van der Waals surface area contributed by atoms with Crippen molar-refractivity contribution in [3.63, 3.8) is 0 Å². The summed E-state index contributed by atoms with van der Waals surface area (Å²) in [5, 5.41) is 4.67. The summed E-state index contributed by atoms with van der Waals surface area (Å²) in [6, 6.07) is 17.0. The van der Waals surface area contributed by atoms with Crippen molar-refractivity contribution in [2.75, 3.05) is 0 Å². The van der Waals surface area contributed by atoms with E-state index in [4.69, 9.17) is 11.6 Å². The Morgan fingerprint density at radius 1 is 1.00 bits per heavy atom. The number of nitrogens with one attached hydrogen (secondary N) is 1. The first-order valence-corrected chi connectivity index (χ1v) is 11.4. The quantitative estimate of drug-likeness (QED) is 0.638. The fraction of sp³-hybridized carbons (Fsp3) is 0.360. The fourth-order valence-electron chi connectivity index (χ4n) is 4.99. The Hall–Kier alpha value is -2.79. The molecular weight excluding hydrogens is 410 g/mol. The molecule has 1 aliphatic carbocycles. The lowest BCUT2D eigenvalue weighted by molar-refractivity contribution is -0.144. The molecule has 1 atom stereocenters. The molecule has 5 rings (SSSR count). The Balaban J connectivity index is 1.57. The maximum absolute atomic E-state index is 13.6. The summed E-state index contributed by atoms with van der Waals surface area (Å²) in [5.41, 5.74) is 2.60. The van der Waals surface area contributed by atoms with Gasteiger partial charge >= 0.3 is 0 Å². The summed E-state index contributed by atoms with van der Waals surface area (Å²) in [7, 11) is 0. The van der Waals surface area contributed by atoms with Crippen molar-refractivity contribution >= 4 is 34.3 Å². The Morgan fingerprint density at radius 2 is 1.71 bits per heavy atom. The first-order chi connectivity index (χ1) is 15.1. The van der Waals surface area contributed by atoms with Crippen LogP contribution in [0.4, 0.5) is 0 Å². The van der Waals surface area contributed by atoms with Gasteiger partial charge in [0.25, 0.3) is 0 Å². The largest absolute Gasteiger partial charge is 0.351 e. The number of hydrogen-bond donors (Lipinski definition) is 1. The highest BCUT2D eigenvalue weighted by Crippen LogP contribution is 2.40. The third-order valence-corrected chi connectivity index (χ3v) is 6.92. The first kappa shape index (κ1) is 20.1. The topological polar surface area (TPSA) is 54.3 Å². The zero-order valence-corrected chi connectivity index (χ0v) is 18.1. The molecule has 1 unspecified atom stereocenters. The van der Waals surface area contributed by atoms with Crippen molar-refractivity contribution in [1.29, 1.82) is 0 Å². The van der Waals surface area contributed by atoms with Crippen molar-refractivity contribution in [2.24, 2.45) is 0 Å². The van der Waals surface area contributed by atoms with Gasteiger partial charge in [-0.15, -0.1) is 0 Å². The molecule has 0 bridgehead atoms. The molecule has 2 heterocycles. The van der Waals surface area contributed by atoms with Gasteiger partial charge in [0.05, 0.1) is 16.2 Å². The van der Waals surface area contributed by atoms with Gasteiger partial charge < -0.3 is 14.8 Å². The molecule has 2 aliphatic rings. The second-order valence-electron chi connectivity index (χ2n) is 8.56. The molecule has 1 fully saturated rings. The minimum Gasteiger partial charge on any atom is -0.351 e. The number of aromatic nitrogens is 1. The van der Waals surface area contributed by atoms with E-state index in [-0.39, 0.29) is 24.4 Å². The first-order valence-electron chi connectivity index (χ1n) is 11.0. The molecule has 0 radical (unpaired) electrons. The molecule has 3 aromatic rings. The number of benzene rings is 2. The molecule has 31 heavy (non-hydrogen) atoms. The highest BCUT2D eigenvalue weighted by molar-refractivity contribution is 6.37. The van der Waals surface area contributed by atoms with Crippen LogP contribution in [0.15, 0.2) is 54.6 Å². The molecule has 1 saturated carbocycles. The van der Waals surface area contributed by atoms with E-state index in [1.54, 1.807) is 4.90 Å². The second kappa shape index (κ2) is 8.39. The number of fused-ring (bicyclic) bond motifs is 3. The monoisotopic (exact) mass is 435 g/mol. The van der Waals surface area contributed by atoms with Gasteiger partial charge in [0.15, 0.2) is 6.04 Å². The maximum atomic E-state index is 13.6. The lowest BCUT2D eigenvalue weighted by Crippen LogP contribution is -2.50. The maximum Gasteiger partial charge on any atom is 0.249 e. The molecule has 2 amide bonds. The van der Waals surface area contributed by atoms with E-state index in [1.807, 2.05) is 59.2 Å². The Labute approximate surface area is 187 Å². The van der Waals surface area contributed by atoms with E-state index in [0.29, 0.717) is 17.3 Å². The molecule has 1 aliphatic heterocycles. The van der Waals surface area contributed by atoms with Gasteiger partial charge in [0, 0.05) is 18.0 Å². The van der Waals surface area contributed by atoms with Gasteiger partial charge in [0.2, 0.25) is 11.8 Å². The third kappa shape index (κ3) is 3.72. The number of hydrogen-bond acceptors (Lipinski definition) is 2. The molecule has 2 aromatic carbocycles. The van der Waals surface area contributed by atoms with Crippen LogP contribution in [-0.2, 0) is 22.7 Å². The summed E-state index contributed by atoms with van der Waals surface area (Å²) >= 11 is 6.83. The van der Waals surface area contributed by atoms with Gasteiger partial charge in [-0.25, -0.2) is 0 Å². The van der Waals surface area contributed by atoms with Crippen molar-refractivity contribution in [2.45, 2.75) is 57.3 Å². The molecule has 5 nitrogen and oxygen atoms in total. The number of amides is 2. The van der Waals surface area contributed by atoms with Crippen LogP contribution < -0.4 is 5.32 Å². The number of nitrogens with zero attached hydrogens (tertiary/aromatic N) is 2. The van der Waals surface area contributed by atoms with Crippen LogP contribution in [0.5, 0.6) is 0 Å². The molecule has 160 valence electrons. The number of halogens is 1. The van der Waals surface area contributed by atoms with Crippen molar-refractivity contribution in [3.8, 4) is 0 Å². The highest BCUT2D eigenvalue weighted by atomic mass is 35.5. The zero-order valence-electron chi connectivity index (χ0n) is 17.4. The number of rotatable bonds is 4.